The third-order valence-corrected chi connectivity index (χ3v) is 9.97. The van der Waals surface area contributed by atoms with Gasteiger partial charge in [0.25, 0.3) is 0 Å². The first kappa shape index (κ1) is 28.3. The highest BCUT2D eigenvalue weighted by Crippen LogP contribution is 2.49. The molecule has 0 bridgehead atoms. The summed E-state index contributed by atoms with van der Waals surface area (Å²) in [6.07, 6.45) is 3.73. The van der Waals surface area contributed by atoms with Crippen LogP contribution in [0.2, 0.25) is 0 Å². The van der Waals surface area contributed by atoms with Crippen LogP contribution in [0.15, 0.2) is 176 Å². The molecule has 0 saturated carbocycles. The van der Waals surface area contributed by atoms with Gasteiger partial charge in [0, 0.05) is 34.6 Å². The first-order valence-corrected chi connectivity index (χ1v) is 16.9. The van der Waals surface area contributed by atoms with Gasteiger partial charge in [-0.1, -0.05) is 152 Å². The monoisotopic (exact) mass is 635 g/mol. The quantitative estimate of drug-likeness (QED) is 0.189. The zero-order chi connectivity index (χ0) is 33.0. The molecule has 0 fully saturated rings. The van der Waals surface area contributed by atoms with Crippen molar-refractivity contribution in [1.29, 1.82) is 0 Å². The van der Waals surface area contributed by atoms with E-state index in [2.05, 4.69) is 157 Å². The minimum Gasteiger partial charge on any atom is -0.264 e. The Morgan fingerprint density at radius 3 is 1.64 bits per heavy atom. The first-order chi connectivity index (χ1) is 24.8. The van der Waals surface area contributed by atoms with E-state index in [9.17, 15) is 0 Å². The summed E-state index contributed by atoms with van der Waals surface area (Å²) in [5.41, 5.74) is 14.8. The number of rotatable bonds is 5. The van der Waals surface area contributed by atoms with Crippen LogP contribution in [-0.4, -0.2) is 15.0 Å². The van der Waals surface area contributed by atoms with Gasteiger partial charge in [-0.2, -0.15) is 0 Å². The molecule has 0 spiro atoms. The van der Waals surface area contributed by atoms with E-state index in [0.717, 1.165) is 50.0 Å². The van der Waals surface area contributed by atoms with Crippen molar-refractivity contribution in [3.8, 4) is 78.4 Å². The third-order valence-electron chi connectivity index (χ3n) is 9.97. The van der Waals surface area contributed by atoms with Crippen LogP contribution >= 0.6 is 0 Å². The number of hydrogen-bond donors (Lipinski definition) is 0. The van der Waals surface area contributed by atoms with Gasteiger partial charge in [0.15, 0.2) is 5.82 Å². The van der Waals surface area contributed by atoms with E-state index < -0.39 is 0 Å². The lowest BCUT2D eigenvalue weighted by Gasteiger charge is -2.13. The van der Waals surface area contributed by atoms with Crippen molar-refractivity contribution >= 4 is 21.5 Å². The van der Waals surface area contributed by atoms with E-state index in [1.54, 1.807) is 0 Å². The summed E-state index contributed by atoms with van der Waals surface area (Å²) < 4.78 is 0. The molecule has 1 aliphatic carbocycles. The Morgan fingerprint density at radius 2 is 0.880 bits per heavy atom. The topological polar surface area (TPSA) is 38.7 Å². The fourth-order valence-electron chi connectivity index (χ4n) is 7.64. The van der Waals surface area contributed by atoms with Gasteiger partial charge in [0.05, 0.1) is 11.4 Å². The van der Waals surface area contributed by atoms with Crippen LogP contribution in [0.5, 0.6) is 0 Å². The summed E-state index contributed by atoms with van der Waals surface area (Å²) in [7, 11) is 0. The fraction of sp³-hybridized carbons (Fsp3) is 0. The van der Waals surface area contributed by atoms with Gasteiger partial charge >= 0.3 is 0 Å². The van der Waals surface area contributed by atoms with Crippen LogP contribution in [0.4, 0.5) is 0 Å². The van der Waals surface area contributed by atoms with Crippen molar-refractivity contribution < 1.29 is 0 Å². The Kier molecular flexibility index (Phi) is 6.49. The minimum atomic E-state index is 0.698. The van der Waals surface area contributed by atoms with E-state index >= 15 is 0 Å². The smallest absolute Gasteiger partial charge is 0.160 e. The third kappa shape index (κ3) is 4.56. The van der Waals surface area contributed by atoms with E-state index in [-0.39, 0.29) is 0 Å². The lowest BCUT2D eigenvalue weighted by Crippen LogP contribution is -1.96. The molecule has 3 nitrogen and oxygen atoms in total. The van der Waals surface area contributed by atoms with E-state index in [1.165, 1.54) is 44.2 Å². The second kappa shape index (κ2) is 11.5. The van der Waals surface area contributed by atoms with Crippen molar-refractivity contribution in [2.24, 2.45) is 0 Å². The zero-order valence-corrected chi connectivity index (χ0v) is 27.1. The summed E-state index contributed by atoms with van der Waals surface area (Å²) in [5.74, 6) is 0.698. The Morgan fingerprint density at radius 1 is 0.320 bits per heavy atom. The van der Waals surface area contributed by atoms with Crippen LogP contribution in [0.1, 0.15) is 0 Å². The van der Waals surface area contributed by atoms with Crippen LogP contribution < -0.4 is 0 Å². The van der Waals surface area contributed by atoms with Gasteiger partial charge in [0.2, 0.25) is 0 Å². The standard InChI is InChI=1S/C47H29N3/c1-2-10-31(11-3-1)44-28-45(40-18-7-16-36-34(15-6-17-37(36)40)33-12-9-27-48-29-33)50-47(49-44)32-23-21-30(22-24-32)35-25-26-43-39-14-5-4-13-38(39)42-20-8-19-41(35)46(42)43/h1-29H. The largest absolute Gasteiger partial charge is 0.264 e. The SMILES string of the molecule is c1ccc(-c2cc(-c3cccc4c(-c5cccnc5)cccc34)nc(-c3ccc(-c4ccc5c6c(cccc46)-c4ccccc4-5)cc3)n2)cc1. The molecule has 2 heterocycles. The molecule has 10 rings (SSSR count). The molecule has 0 radical (unpaired) electrons. The van der Waals surface area contributed by atoms with E-state index in [1.807, 2.05) is 24.5 Å². The van der Waals surface area contributed by atoms with E-state index in [0.29, 0.717) is 5.82 Å². The zero-order valence-electron chi connectivity index (χ0n) is 27.1. The van der Waals surface area contributed by atoms with E-state index in [4.69, 9.17) is 9.97 Å². The Labute approximate surface area is 290 Å². The number of benzene rings is 7. The van der Waals surface area contributed by atoms with Crippen molar-refractivity contribution in [1.82, 2.24) is 15.0 Å². The highest BCUT2D eigenvalue weighted by molar-refractivity contribution is 6.18. The van der Waals surface area contributed by atoms with Crippen molar-refractivity contribution in [3.05, 3.63) is 176 Å². The van der Waals surface area contributed by atoms with Gasteiger partial charge in [-0.3, -0.25) is 4.98 Å². The summed E-state index contributed by atoms with van der Waals surface area (Å²) in [5, 5.41) is 4.91. The number of nitrogens with zero attached hydrogens (tertiary/aromatic N) is 3. The second-order valence-corrected chi connectivity index (χ2v) is 12.8. The van der Waals surface area contributed by atoms with Gasteiger partial charge in [0.1, 0.15) is 0 Å². The number of hydrogen-bond acceptors (Lipinski definition) is 3. The van der Waals surface area contributed by atoms with Crippen LogP contribution in [0.3, 0.4) is 0 Å². The predicted molar refractivity (Wildman–Crippen MR) is 206 cm³/mol. The summed E-state index contributed by atoms with van der Waals surface area (Å²) in [4.78, 5) is 14.7. The highest BCUT2D eigenvalue weighted by Gasteiger charge is 2.22. The Balaban J connectivity index is 1.10. The molecule has 0 aliphatic heterocycles. The first-order valence-electron chi connectivity index (χ1n) is 16.9. The average Bonchev–Trinajstić information content (AvgIpc) is 3.53. The molecular formula is C47H29N3. The molecule has 0 N–H and O–H groups in total. The normalized spacial score (nSPS) is 11.6. The average molecular weight is 636 g/mol. The van der Waals surface area contributed by atoms with Gasteiger partial charge < -0.3 is 0 Å². The molecule has 7 aromatic carbocycles. The number of aromatic nitrogens is 3. The lowest BCUT2D eigenvalue weighted by atomic mass is 9.93. The summed E-state index contributed by atoms with van der Waals surface area (Å²) in [6, 6.07) is 58.2. The van der Waals surface area contributed by atoms with Crippen LogP contribution in [0, 0.1) is 0 Å². The summed E-state index contributed by atoms with van der Waals surface area (Å²) >= 11 is 0. The molecular weight excluding hydrogens is 607 g/mol. The maximum atomic E-state index is 5.24. The lowest BCUT2D eigenvalue weighted by molar-refractivity contribution is 1.18. The van der Waals surface area contributed by atoms with Gasteiger partial charge in [-0.25, -0.2) is 9.97 Å². The van der Waals surface area contributed by atoms with Crippen LogP contribution in [-0.2, 0) is 0 Å². The maximum Gasteiger partial charge on any atom is 0.160 e. The van der Waals surface area contributed by atoms with Gasteiger partial charge in [-0.15, -0.1) is 0 Å². The Bertz CT molecular complexity index is 2700. The maximum absolute atomic E-state index is 5.24. The molecule has 0 amide bonds. The minimum absolute atomic E-state index is 0.698. The molecule has 50 heavy (non-hydrogen) atoms. The summed E-state index contributed by atoms with van der Waals surface area (Å²) in [6.45, 7) is 0. The molecule has 9 aromatic rings. The van der Waals surface area contributed by atoms with Crippen molar-refractivity contribution in [2.45, 2.75) is 0 Å². The molecule has 1 aliphatic rings. The van der Waals surface area contributed by atoms with Crippen molar-refractivity contribution in [2.75, 3.05) is 0 Å². The molecule has 0 atom stereocenters. The molecule has 3 heteroatoms. The molecule has 0 unspecified atom stereocenters. The highest BCUT2D eigenvalue weighted by atomic mass is 14.9. The Hall–Kier alpha value is -6.71. The molecule has 0 saturated heterocycles. The van der Waals surface area contributed by atoms with Crippen LogP contribution in [0.25, 0.3) is 100.0 Å². The van der Waals surface area contributed by atoms with Gasteiger partial charge in [-0.05, 0) is 72.6 Å². The second-order valence-electron chi connectivity index (χ2n) is 12.8. The fourth-order valence-corrected chi connectivity index (χ4v) is 7.64. The number of fused-ring (bicyclic) bond motifs is 4. The van der Waals surface area contributed by atoms with Crippen molar-refractivity contribution in [3.63, 3.8) is 0 Å². The molecule has 232 valence electrons. The molecule has 2 aromatic heterocycles. The number of pyridine rings is 1. The predicted octanol–water partition coefficient (Wildman–Crippen LogP) is 12.2.